The molecule has 1 aromatic heterocycles. The van der Waals surface area contributed by atoms with E-state index >= 15 is 0 Å². The number of benzene rings is 2. The number of aryl methyl sites for hydroxylation is 2. The monoisotopic (exact) mass is 379 g/mol. The molecule has 1 N–H and O–H groups in total. The third-order valence-electron chi connectivity index (χ3n) is 4.58. The molecule has 146 valence electrons. The fourth-order valence-corrected chi connectivity index (χ4v) is 3.03. The minimum atomic E-state index is -0.386. The highest BCUT2D eigenvalue weighted by Crippen LogP contribution is 2.23. The SMILES string of the molecule is CCc1ccccc1OCC(=O)NC(c1ccc(OC)cc1)c1nccn1C. The van der Waals surface area contributed by atoms with Gasteiger partial charge in [-0.1, -0.05) is 37.3 Å². The minimum Gasteiger partial charge on any atom is -0.497 e. The standard InChI is InChI=1S/C22H25N3O3/c1-4-16-7-5-6-8-19(16)28-15-20(26)24-21(22-23-13-14-25(22)2)17-9-11-18(27-3)12-10-17/h5-14,21H,4,15H2,1-3H3,(H,24,26). The van der Waals surface area contributed by atoms with Crippen LogP contribution in [0.25, 0.3) is 0 Å². The van der Waals surface area contributed by atoms with Crippen molar-refractivity contribution < 1.29 is 14.3 Å². The van der Waals surface area contributed by atoms with E-state index in [4.69, 9.17) is 9.47 Å². The van der Waals surface area contributed by atoms with Crippen molar-refractivity contribution in [1.29, 1.82) is 0 Å². The van der Waals surface area contributed by atoms with Gasteiger partial charge in [0, 0.05) is 19.4 Å². The highest BCUT2D eigenvalue weighted by molar-refractivity contribution is 5.78. The Morgan fingerprint density at radius 3 is 2.57 bits per heavy atom. The zero-order chi connectivity index (χ0) is 19.9. The summed E-state index contributed by atoms with van der Waals surface area (Å²) in [7, 11) is 3.53. The molecule has 0 aliphatic heterocycles. The number of amides is 1. The van der Waals surface area contributed by atoms with Crippen LogP contribution in [0.4, 0.5) is 0 Å². The number of aromatic nitrogens is 2. The van der Waals surface area contributed by atoms with Gasteiger partial charge < -0.3 is 19.4 Å². The molecule has 1 atom stereocenters. The maximum absolute atomic E-state index is 12.6. The second-order valence-electron chi connectivity index (χ2n) is 6.42. The summed E-state index contributed by atoms with van der Waals surface area (Å²) in [5.74, 6) is 2.02. The number of hydrogen-bond acceptors (Lipinski definition) is 4. The number of carbonyl (C=O) groups is 1. The molecule has 1 unspecified atom stereocenters. The smallest absolute Gasteiger partial charge is 0.258 e. The molecule has 1 heterocycles. The van der Waals surface area contributed by atoms with Gasteiger partial charge in [-0.25, -0.2) is 4.98 Å². The van der Waals surface area contributed by atoms with Crippen LogP contribution in [-0.2, 0) is 18.3 Å². The van der Waals surface area contributed by atoms with E-state index in [1.807, 2.05) is 66.3 Å². The first-order chi connectivity index (χ1) is 13.6. The van der Waals surface area contributed by atoms with Crippen molar-refractivity contribution in [2.75, 3.05) is 13.7 Å². The molecule has 0 radical (unpaired) electrons. The predicted molar refractivity (Wildman–Crippen MR) is 108 cm³/mol. The van der Waals surface area contributed by atoms with Gasteiger partial charge in [0.05, 0.1) is 7.11 Å². The molecule has 6 nitrogen and oxygen atoms in total. The van der Waals surface area contributed by atoms with Crippen LogP contribution in [0.3, 0.4) is 0 Å². The lowest BCUT2D eigenvalue weighted by Gasteiger charge is -2.20. The number of imidazole rings is 1. The molecule has 0 saturated carbocycles. The molecular formula is C22H25N3O3. The predicted octanol–water partition coefficient (Wildman–Crippen LogP) is 3.28. The van der Waals surface area contributed by atoms with E-state index in [-0.39, 0.29) is 18.6 Å². The normalized spacial score (nSPS) is 11.7. The van der Waals surface area contributed by atoms with Gasteiger partial charge >= 0.3 is 0 Å². The van der Waals surface area contributed by atoms with Crippen LogP contribution in [0.1, 0.15) is 29.9 Å². The summed E-state index contributed by atoms with van der Waals surface area (Å²) in [6.07, 6.45) is 4.41. The largest absolute Gasteiger partial charge is 0.497 e. The lowest BCUT2D eigenvalue weighted by molar-refractivity contribution is -0.123. The van der Waals surface area contributed by atoms with Crippen LogP contribution in [0.5, 0.6) is 11.5 Å². The van der Waals surface area contributed by atoms with Gasteiger partial charge in [-0.05, 0) is 35.7 Å². The van der Waals surface area contributed by atoms with Crippen LogP contribution in [0.15, 0.2) is 60.9 Å². The quantitative estimate of drug-likeness (QED) is 0.652. The molecule has 3 rings (SSSR count). The van der Waals surface area contributed by atoms with Crippen LogP contribution in [0, 0.1) is 0 Å². The Balaban J connectivity index is 1.75. The maximum atomic E-state index is 12.6. The Labute approximate surface area is 165 Å². The molecule has 2 aromatic carbocycles. The number of methoxy groups -OCH3 is 1. The molecule has 3 aromatic rings. The zero-order valence-electron chi connectivity index (χ0n) is 16.4. The van der Waals surface area contributed by atoms with E-state index in [1.165, 1.54) is 0 Å². The van der Waals surface area contributed by atoms with Crippen molar-refractivity contribution in [1.82, 2.24) is 14.9 Å². The Morgan fingerprint density at radius 1 is 1.18 bits per heavy atom. The summed E-state index contributed by atoms with van der Waals surface area (Å²) >= 11 is 0. The fraction of sp³-hybridized carbons (Fsp3) is 0.273. The topological polar surface area (TPSA) is 65.4 Å². The molecule has 0 saturated heterocycles. The number of rotatable bonds is 8. The number of carbonyl (C=O) groups excluding carboxylic acids is 1. The molecule has 0 fully saturated rings. The van der Waals surface area contributed by atoms with Crippen molar-refractivity contribution in [2.24, 2.45) is 7.05 Å². The first-order valence-electron chi connectivity index (χ1n) is 9.23. The van der Waals surface area contributed by atoms with Crippen molar-refractivity contribution in [3.8, 4) is 11.5 Å². The summed E-state index contributed by atoms with van der Waals surface area (Å²) in [6, 6.07) is 14.9. The van der Waals surface area contributed by atoms with Crippen LogP contribution in [-0.4, -0.2) is 29.2 Å². The minimum absolute atomic E-state index is 0.0614. The first kappa shape index (κ1) is 19.5. The third kappa shape index (κ3) is 4.52. The van der Waals surface area contributed by atoms with Gasteiger partial charge in [0.15, 0.2) is 6.61 Å². The summed E-state index contributed by atoms with van der Waals surface area (Å²) < 4.78 is 12.9. The van der Waals surface area contributed by atoms with Gasteiger partial charge in [-0.3, -0.25) is 4.79 Å². The van der Waals surface area contributed by atoms with Gasteiger partial charge in [-0.15, -0.1) is 0 Å². The van der Waals surface area contributed by atoms with E-state index in [0.29, 0.717) is 0 Å². The third-order valence-corrected chi connectivity index (χ3v) is 4.58. The van der Waals surface area contributed by atoms with E-state index in [0.717, 1.165) is 34.9 Å². The summed E-state index contributed by atoms with van der Waals surface area (Å²) in [5.41, 5.74) is 1.99. The highest BCUT2D eigenvalue weighted by Gasteiger charge is 2.21. The number of ether oxygens (including phenoxy) is 2. The van der Waals surface area contributed by atoms with Gasteiger partial charge in [-0.2, -0.15) is 0 Å². The molecule has 0 aliphatic carbocycles. The van der Waals surface area contributed by atoms with E-state index in [2.05, 4.69) is 17.2 Å². The second-order valence-corrected chi connectivity index (χ2v) is 6.42. The Morgan fingerprint density at radius 2 is 1.93 bits per heavy atom. The van der Waals surface area contributed by atoms with Crippen molar-refractivity contribution in [3.05, 3.63) is 77.9 Å². The van der Waals surface area contributed by atoms with Crippen LogP contribution < -0.4 is 14.8 Å². The van der Waals surface area contributed by atoms with E-state index in [1.54, 1.807) is 13.3 Å². The molecule has 0 spiro atoms. The lowest BCUT2D eigenvalue weighted by Crippen LogP contribution is -2.34. The Hall–Kier alpha value is -3.28. The summed E-state index contributed by atoms with van der Waals surface area (Å²) in [4.78, 5) is 17.0. The van der Waals surface area contributed by atoms with E-state index < -0.39 is 0 Å². The van der Waals surface area contributed by atoms with Gasteiger partial charge in [0.25, 0.3) is 5.91 Å². The van der Waals surface area contributed by atoms with Gasteiger partial charge in [0.1, 0.15) is 23.4 Å². The average molecular weight is 379 g/mol. The number of para-hydroxylation sites is 1. The van der Waals surface area contributed by atoms with E-state index in [9.17, 15) is 4.79 Å². The fourth-order valence-electron chi connectivity index (χ4n) is 3.03. The van der Waals surface area contributed by atoms with Crippen LogP contribution >= 0.6 is 0 Å². The maximum Gasteiger partial charge on any atom is 0.258 e. The summed E-state index contributed by atoms with van der Waals surface area (Å²) in [6.45, 7) is 2.00. The van der Waals surface area contributed by atoms with Crippen molar-refractivity contribution in [2.45, 2.75) is 19.4 Å². The molecule has 1 amide bonds. The Kier molecular flexibility index (Phi) is 6.32. The molecule has 0 bridgehead atoms. The molecule has 28 heavy (non-hydrogen) atoms. The van der Waals surface area contributed by atoms with Gasteiger partial charge in [0.2, 0.25) is 0 Å². The number of hydrogen-bond donors (Lipinski definition) is 1. The Bertz CT molecular complexity index is 919. The van der Waals surface area contributed by atoms with Crippen LogP contribution in [0.2, 0.25) is 0 Å². The lowest BCUT2D eigenvalue weighted by atomic mass is 10.1. The highest BCUT2D eigenvalue weighted by atomic mass is 16.5. The summed E-state index contributed by atoms with van der Waals surface area (Å²) in [5, 5.41) is 3.03. The molecule has 6 heteroatoms. The first-order valence-corrected chi connectivity index (χ1v) is 9.23. The average Bonchev–Trinajstić information content (AvgIpc) is 3.16. The number of nitrogens with zero attached hydrogens (tertiary/aromatic N) is 2. The van der Waals surface area contributed by atoms with Crippen molar-refractivity contribution in [3.63, 3.8) is 0 Å². The zero-order valence-corrected chi connectivity index (χ0v) is 16.4. The second kappa shape index (κ2) is 9.08. The molecule has 0 aliphatic rings. The number of nitrogens with one attached hydrogen (secondary N) is 1. The van der Waals surface area contributed by atoms with Crippen molar-refractivity contribution >= 4 is 5.91 Å². The molecular weight excluding hydrogens is 354 g/mol.